The Morgan fingerprint density at radius 2 is 1.68 bits per heavy atom. The van der Waals surface area contributed by atoms with Crippen LogP contribution >= 0.6 is 11.6 Å². The molecule has 3 aromatic rings. The first kappa shape index (κ1) is 31.0. The minimum atomic E-state index is -4.19. The monoisotopic (exact) mass is 585 g/mol. The molecular weight excluding hydrogens is 550 g/mol. The van der Waals surface area contributed by atoms with E-state index in [2.05, 4.69) is 5.32 Å². The molecule has 0 unspecified atom stereocenters. The molecule has 0 aliphatic carbocycles. The molecule has 1 N–H and O–H groups in total. The van der Waals surface area contributed by atoms with Crippen molar-refractivity contribution in [2.75, 3.05) is 18.0 Å². The fraction of sp³-hybridized carbons (Fsp3) is 0.333. The number of rotatable bonds is 12. The summed E-state index contributed by atoms with van der Waals surface area (Å²) >= 11 is 6.44. The number of carbonyl (C=O) groups excluding carboxylic acids is 2. The average Bonchev–Trinajstić information content (AvgIpc) is 2.94. The standard InChI is InChI=1S/C30H36ClN3O5S/c1-6-22(3)32-30(36)23(4)33(19-24-10-9-11-25(18-24)39-5)29(35)20-34(28-13-8-7-12-27(28)31)40(37,38)26-16-14-21(2)15-17-26/h7-18,22-23H,6,19-20H2,1-5H3,(H,32,36)/t22-,23+/m0/s1. The van der Waals surface area contributed by atoms with E-state index >= 15 is 0 Å². The highest BCUT2D eigenvalue weighted by atomic mass is 35.5. The molecule has 10 heteroatoms. The zero-order valence-corrected chi connectivity index (χ0v) is 25.0. The van der Waals surface area contributed by atoms with Crippen LogP contribution in [0.15, 0.2) is 77.7 Å². The summed E-state index contributed by atoms with van der Waals surface area (Å²) in [6.07, 6.45) is 0.720. The maximum atomic E-state index is 14.0. The van der Waals surface area contributed by atoms with Gasteiger partial charge in [0.05, 0.1) is 22.7 Å². The van der Waals surface area contributed by atoms with Crippen molar-refractivity contribution in [3.63, 3.8) is 0 Å². The van der Waals surface area contributed by atoms with Crippen LogP contribution < -0.4 is 14.4 Å². The smallest absolute Gasteiger partial charge is 0.264 e. The van der Waals surface area contributed by atoms with E-state index in [-0.39, 0.29) is 34.1 Å². The Balaban J connectivity index is 2.04. The normalized spacial score (nSPS) is 12.8. The topological polar surface area (TPSA) is 96.0 Å². The summed E-state index contributed by atoms with van der Waals surface area (Å²) in [5, 5.41) is 3.09. The molecule has 8 nitrogen and oxygen atoms in total. The van der Waals surface area contributed by atoms with Crippen molar-refractivity contribution in [3.8, 4) is 5.75 Å². The maximum Gasteiger partial charge on any atom is 0.264 e. The zero-order valence-electron chi connectivity index (χ0n) is 23.4. The number of aryl methyl sites for hydroxylation is 1. The Morgan fingerprint density at radius 1 is 1.00 bits per heavy atom. The van der Waals surface area contributed by atoms with E-state index in [4.69, 9.17) is 16.3 Å². The lowest BCUT2D eigenvalue weighted by atomic mass is 10.1. The minimum Gasteiger partial charge on any atom is -0.497 e. The van der Waals surface area contributed by atoms with Crippen LogP contribution in [0.3, 0.4) is 0 Å². The summed E-state index contributed by atoms with van der Waals surface area (Å²) in [6, 6.07) is 19.0. The van der Waals surface area contributed by atoms with Crippen LogP contribution in [0.4, 0.5) is 5.69 Å². The minimum absolute atomic E-state index is 0.0210. The molecular formula is C30H36ClN3O5S. The van der Waals surface area contributed by atoms with Gasteiger partial charge in [-0.25, -0.2) is 8.42 Å². The number of hydrogen-bond acceptors (Lipinski definition) is 5. The van der Waals surface area contributed by atoms with Crippen LogP contribution in [0.1, 0.15) is 38.3 Å². The van der Waals surface area contributed by atoms with E-state index < -0.39 is 28.5 Å². The molecule has 0 saturated carbocycles. The highest BCUT2D eigenvalue weighted by molar-refractivity contribution is 7.92. The van der Waals surface area contributed by atoms with Gasteiger partial charge in [-0.15, -0.1) is 0 Å². The van der Waals surface area contributed by atoms with E-state index in [1.54, 1.807) is 68.6 Å². The number of sulfonamides is 1. The van der Waals surface area contributed by atoms with Gasteiger partial charge in [0, 0.05) is 12.6 Å². The third-order valence-corrected chi connectivity index (χ3v) is 8.76. The molecule has 0 heterocycles. The molecule has 0 aliphatic rings. The van der Waals surface area contributed by atoms with Gasteiger partial charge in [-0.2, -0.15) is 0 Å². The molecule has 0 spiro atoms. The highest BCUT2D eigenvalue weighted by Crippen LogP contribution is 2.31. The molecule has 0 aromatic heterocycles. The molecule has 0 fully saturated rings. The summed E-state index contributed by atoms with van der Waals surface area (Å²) in [6.45, 7) is 6.81. The maximum absolute atomic E-state index is 14.0. The first-order valence-electron chi connectivity index (χ1n) is 13.0. The predicted octanol–water partition coefficient (Wildman–Crippen LogP) is 5.18. The van der Waals surface area contributed by atoms with Crippen molar-refractivity contribution in [2.45, 2.75) is 57.6 Å². The molecule has 0 bridgehead atoms. The molecule has 0 saturated heterocycles. The third kappa shape index (κ3) is 7.55. The Bertz CT molecular complexity index is 1430. The number of anilines is 1. The molecule has 214 valence electrons. The average molecular weight is 586 g/mol. The van der Waals surface area contributed by atoms with Gasteiger partial charge in [0.2, 0.25) is 11.8 Å². The lowest BCUT2D eigenvalue weighted by Gasteiger charge is -2.32. The Hall–Kier alpha value is -3.56. The number of nitrogens with zero attached hydrogens (tertiary/aromatic N) is 2. The Morgan fingerprint density at radius 3 is 2.30 bits per heavy atom. The van der Waals surface area contributed by atoms with Gasteiger partial charge >= 0.3 is 0 Å². The van der Waals surface area contributed by atoms with Gasteiger partial charge in [0.25, 0.3) is 10.0 Å². The summed E-state index contributed by atoms with van der Waals surface area (Å²) in [5.74, 6) is -0.303. The van der Waals surface area contributed by atoms with Gasteiger partial charge in [-0.1, -0.05) is 60.5 Å². The predicted molar refractivity (Wildman–Crippen MR) is 158 cm³/mol. The number of methoxy groups -OCH3 is 1. The first-order valence-corrected chi connectivity index (χ1v) is 14.9. The van der Waals surface area contributed by atoms with Gasteiger partial charge < -0.3 is 15.0 Å². The molecule has 2 amide bonds. The molecule has 0 radical (unpaired) electrons. The summed E-state index contributed by atoms with van der Waals surface area (Å²) in [7, 11) is -2.65. The second-order valence-electron chi connectivity index (χ2n) is 9.64. The zero-order chi connectivity index (χ0) is 29.4. The Labute approximate surface area is 241 Å². The fourth-order valence-corrected chi connectivity index (χ4v) is 5.74. The van der Waals surface area contributed by atoms with Gasteiger partial charge in [0.15, 0.2) is 0 Å². The van der Waals surface area contributed by atoms with Gasteiger partial charge in [-0.05, 0) is 69.2 Å². The molecule has 40 heavy (non-hydrogen) atoms. The number of ether oxygens (including phenoxy) is 1. The van der Waals surface area contributed by atoms with Crippen molar-refractivity contribution in [2.24, 2.45) is 0 Å². The molecule has 0 aliphatic heterocycles. The second kappa shape index (κ2) is 13.7. The number of benzene rings is 3. The number of para-hydroxylation sites is 1. The van der Waals surface area contributed by atoms with E-state index in [0.717, 1.165) is 21.9 Å². The summed E-state index contributed by atoms with van der Waals surface area (Å²) < 4.78 is 34.1. The van der Waals surface area contributed by atoms with E-state index in [0.29, 0.717) is 5.75 Å². The van der Waals surface area contributed by atoms with Crippen LogP contribution in [0.25, 0.3) is 0 Å². The highest BCUT2D eigenvalue weighted by Gasteiger charge is 2.33. The van der Waals surface area contributed by atoms with E-state index in [1.165, 1.54) is 17.0 Å². The lowest BCUT2D eigenvalue weighted by molar-refractivity contribution is -0.139. The Kier molecular flexibility index (Phi) is 10.6. The van der Waals surface area contributed by atoms with Gasteiger partial charge in [0.1, 0.15) is 18.3 Å². The van der Waals surface area contributed by atoms with Crippen molar-refractivity contribution >= 4 is 39.1 Å². The fourth-order valence-electron chi connectivity index (χ4n) is 4.02. The van der Waals surface area contributed by atoms with Crippen molar-refractivity contribution in [3.05, 3.63) is 88.9 Å². The number of carbonyl (C=O) groups is 2. The van der Waals surface area contributed by atoms with Crippen LogP contribution in [0.2, 0.25) is 5.02 Å². The summed E-state index contributed by atoms with van der Waals surface area (Å²) in [5.41, 5.74) is 1.78. The quantitative estimate of drug-likeness (QED) is 0.316. The number of amides is 2. The lowest BCUT2D eigenvalue weighted by Crippen LogP contribution is -2.52. The van der Waals surface area contributed by atoms with Crippen LogP contribution in [-0.2, 0) is 26.2 Å². The number of nitrogens with one attached hydrogen (secondary N) is 1. The first-order chi connectivity index (χ1) is 19.0. The molecule has 2 atom stereocenters. The van der Waals surface area contributed by atoms with Crippen molar-refractivity contribution in [1.82, 2.24) is 10.2 Å². The van der Waals surface area contributed by atoms with Crippen molar-refractivity contribution < 1.29 is 22.7 Å². The molecule has 3 rings (SSSR count). The van der Waals surface area contributed by atoms with E-state index in [9.17, 15) is 18.0 Å². The third-order valence-electron chi connectivity index (χ3n) is 6.66. The van der Waals surface area contributed by atoms with Gasteiger partial charge in [-0.3, -0.25) is 13.9 Å². The number of halogens is 1. The van der Waals surface area contributed by atoms with Crippen LogP contribution in [0.5, 0.6) is 5.75 Å². The van der Waals surface area contributed by atoms with Crippen molar-refractivity contribution in [1.29, 1.82) is 0 Å². The SMILES string of the molecule is CC[C@H](C)NC(=O)[C@@H](C)N(Cc1cccc(OC)c1)C(=O)CN(c1ccccc1Cl)S(=O)(=O)c1ccc(C)cc1. The molecule has 3 aromatic carbocycles. The van der Waals surface area contributed by atoms with Crippen LogP contribution in [-0.4, -0.2) is 50.9 Å². The largest absolute Gasteiger partial charge is 0.497 e. The summed E-state index contributed by atoms with van der Waals surface area (Å²) in [4.78, 5) is 28.5. The van der Waals surface area contributed by atoms with E-state index in [1.807, 2.05) is 26.8 Å². The van der Waals surface area contributed by atoms with Crippen LogP contribution in [0, 0.1) is 6.92 Å². The second-order valence-corrected chi connectivity index (χ2v) is 11.9. The number of hydrogen-bond donors (Lipinski definition) is 1.